The molecule has 2 rings (SSSR count). The van der Waals surface area contributed by atoms with Crippen LogP contribution in [0.25, 0.3) is 0 Å². The Morgan fingerprint density at radius 3 is 2.71 bits per heavy atom. The molecule has 1 aliphatic rings. The lowest BCUT2D eigenvalue weighted by molar-refractivity contribution is 0.0953. The molecule has 1 heterocycles. The SMILES string of the molecule is Cc1cc(F)c(NC2=NCCCS2)cc1SC(F)C(F)F. The van der Waals surface area contributed by atoms with Crippen molar-refractivity contribution in [3.63, 3.8) is 0 Å². The third-order valence-corrected chi connectivity index (χ3v) is 4.86. The van der Waals surface area contributed by atoms with E-state index in [1.54, 1.807) is 6.92 Å². The number of anilines is 1. The van der Waals surface area contributed by atoms with Gasteiger partial charge >= 0.3 is 0 Å². The van der Waals surface area contributed by atoms with E-state index in [-0.39, 0.29) is 10.6 Å². The van der Waals surface area contributed by atoms with Crippen molar-refractivity contribution in [3.05, 3.63) is 23.5 Å². The number of hydrogen-bond acceptors (Lipinski definition) is 4. The van der Waals surface area contributed by atoms with Gasteiger partial charge in [0.05, 0.1) is 5.69 Å². The van der Waals surface area contributed by atoms with Gasteiger partial charge in [-0.1, -0.05) is 23.5 Å². The molecule has 8 heteroatoms. The number of alkyl halides is 3. The van der Waals surface area contributed by atoms with Crippen LogP contribution >= 0.6 is 23.5 Å². The summed E-state index contributed by atoms with van der Waals surface area (Å²) in [6.45, 7) is 2.22. The first-order valence-electron chi connectivity index (χ1n) is 6.30. The first-order chi connectivity index (χ1) is 9.97. The molecule has 1 aromatic carbocycles. The molecule has 0 spiro atoms. The minimum atomic E-state index is -3.07. The van der Waals surface area contributed by atoms with Gasteiger partial charge in [0.1, 0.15) is 5.82 Å². The van der Waals surface area contributed by atoms with Crippen molar-refractivity contribution in [1.82, 2.24) is 0 Å². The average molecular weight is 338 g/mol. The predicted molar refractivity (Wildman–Crippen MR) is 80.9 cm³/mol. The summed E-state index contributed by atoms with van der Waals surface area (Å²) in [7, 11) is 0. The lowest BCUT2D eigenvalue weighted by Gasteiger charge is -2.16. The van der Waals surface area contributed by atoms with Gasteiger partial charge in [-0.3, -0.25) is 4.99 Å². The highest BCUT2D eigenvalue weighted by molar-refractivity contribution is 8.14. The van der Waals surface area contributed by atoms with Gasteiger partial charge < -0.3 is 5.32 Å². The predicted octanol–water partition coefficient (Wildman–Crippen LogP) is 4.69. The summed E-state index contributed by atoms with van der Waals surface area (Å²) in [5, 5.41) is 3.42. The molecule has 0 aromatic heterocycles. The first-order valence-corrected chi connectivity index (χ1v) is 8.17. The van der Waals surface area contributed by atoms with Gasteiger partial charge in [-0.15, -0.1) is 0 Å². The quantitative estimate of drug-likeness (QED) is 0.636. The van der Waals surface area contributed by atoms with Crippen LogP contribution in [0.15, 0.2) is 22.0 Å². The summed E-state index contributed by atoms with van der Waals surface area (Å²) in [5.41, 5.74) is -1.79. The van der Waals surface area contributed by atoms with Crippen molar-refractivity contribution in [2.45, 2.75) is 30.2 Å². The maximum Gasteiger partial charge on any atom is 0.278 e. The topological polar surface area (TPSA) is 24.4 Å². The zero-order valence-corrected chi connectivity index (χ0v) is 12.8. The zero-order valence-electron chi connectivity index (χ0n) is 11.2. The molecule has 21 heavy (non-hydrogen) atoms. The molecule has 1 aliphatic heterocycles. The molecule has 0 saturated heterocycles. The zero-order chi connectivity index (χ0) is 15.4. The fourth-order valence-corrected chi connectivity index (χ4v) is 3.31. The average Bonchev–Trinajstić information content (AvgIpc) is 2.45. The molecule has 0 fully saturated rings. The van der Waals surface area contributed by atoms with E-state index in [4.69, 9.17) is 0 Å². The Labute approximate surface area is 128 Å². The van der Waals surface area contributed by atoms with Crippen LogP contribution in [0.2, 0.25) is 0 Å². The molecule has 1 unspecified atom stereocenters. The summed E-state index contributed by atoms with van der Waals surface area (Å²) in [6, 6.07) is 2.55. The Morgan fingerprint density at radius 1 is 1.33 bits per heavy atom. The van der Waals surface area contributed by atoms with E-state index in [1.165, 1.54) is 23.9 Å². The van der Waals surface area contributed by atoms with Gasteiger partial charge in [-0.05, 0) is 31.0 Å². The van der Waals surface area contributed by atoms with Gasteiger partial charge in [0.15, 0.2) is 5.17 Å². The van der Waals surface area contributed by atoms with Gasteiger partial charge in [-0.2, -0.15) is 0 Å². The molecule has 1 aromatic rings. The molecule has 2 nitrogen and oxygen atoms in total. The van der Waals surface area contributed by atoms with E-state index in [2.05, 4.69) is 10.3 Å². The maximum atomic E-state index is 13.9. The molecular formula is C13H14F4N2S2. The molecule has 0 saturated carbocycles. The number of hydrogen-bond donors (Lipinski definition) is 1. The number of aliphatic imine (C=N–C) groups is 1. The van der Waals surface area contributed by atoms with Crippen molar-refractivity contribution < 1.29 is 17.6 Å². The largest absolute Gasteiger partial charge is 0.333 e. The smallest absolute Gasteiger partial charge is 0.278 e. The molecule has 116 valence electrons. The molecule has 0 radical (unpaired) electrons. The molecule has 0 amide bonds. The highest BCUT2D eigenvalue weighted by atomic mass is 32.2. The Balaban J connectivity index is 2.19. The number of benzene rings is 1. The van der Waals surface area contributed by atoms with Crippen molar-refractivity contribution >= 4 is 34.4 Å². The molecular weight excluding hydrogens is 324 g/mol. The Hall–Kier alpha value is -0.890. The van der Waals surface area contributed by atoms with Crippen molar-refractivity contribution in [2.75, 3.05) is 17.6 Å². The van der Waals surface area contributed by atoms with Crippen LogP contribution in [0, 0.1) is 12.7 Å². The lowest BCUT2D eigenvalue weighted by Crippen LogP contribution is -2.14. The van der Waals surface area contributed by atoms with Crippen molar-refractivity contribution in [1.29, 1.82) is 0 Å². The van der Waals surface area contributed by atoms with Crippen LogP contribution < -0.4 is 5.32 Å². The monoisotopic (exact) mass is 338 g/mol. The van der Waals surface area contributed by atoms with E-state index in [1.807, 2.05) is 0 Å². The van der Waals surface area contributed by atoms with Gasteiger partial charge in [0.25, 0.3) is 6.43 Å². The summed E-state index contributed by atoms with van der Waals surface area (Å²) in [5.74, 6) is 0.372. The Kier molecular flexibility index (Phi) is 5.80. The van der Waals surface area contributed by atoms with Crippen LogP contribution in [-0.2, 0) is 0 Å². The van der Waals surface area contributed by atoms with Crippen LogP contribution in [0.1, 0.15) is 12.0 Å². The number of amidine groups is 1. The summed E-state index contributed by atoms with van der Waals surface area (Å²) in [4.78, 5) is 4.49. The highest BCUT2D eigenvalue weighted by Gasteiger charge is 2.22. The summed E-state index contributed by atoms with van der Waals surface area (Å²) < 4.78 is 51.6. The van der Waals surface area contributed by atoms with Gasteiger partial charge in [0.2, 0.25) is 5.50 Å². The third kappa shape index (κ3) is 4.54. The number of nitrogens with one attached hydrogen (secondary N) is 1. The highest BCUT2D eigenvalue weighted by Crippen LogP contribution is 2.34. The minimum absolute atomic E-state index is 0.123. The van der Waals surface area contributed by atoms with Crippen LogP contribution in [-0.4, -0.2) is 29.4 Å². The van der Waals surface area contributed by atoms with E-state index in [0.717, 1.165) is 12.2 Å². The molecule has 0 aliphatic carbocycles. The lowest BCUT2D eigenvalue weighted by atomic mass is 10.2. The second-order valence-corrected chi connectivity index (χ2v) is 6.62. The number of aryl methyl sites for hydroxylation is 1. The van der Waals surface area contributed by atoms with E-state index in [0.29, 0.717) is 29.0 Å². The molecule has 1 N–H and O–H groups in total. The van der Waals surface area contributed by atoms with E-state index < -0.39 is 17.7 Å². The van der Waals surface area contributed by atoms with Crippen molar-refractivity contribution in [3.8, 4) is 0 Å². The summed E-state index contributed by atoms with van der Waals surface area (Å²) in [6.07, 6.45) is -2.11. The van der Waals surface area contributed by atoms with Gasteiger partial charge in [-0.25, -0.2) is 17.6 Å². The fourth-order valence-electron chi connectivity index (χ4n) is 1.70. The van der Waals surface area contributed by atoms with Crippen LogP contribution in [0.3, 0.4) is 0 Å². The first kappa shape index (κ1) is 16.5. The normalized spacial score (nSPS) is 16.8. The standard InChI is InChI=1S/C13H14F4N2S2/c1-7-5-8(14)9(19-13-18-3-2-4-20-13)6-10(7)21-12(17)11(15)16/h5-6,11-12H,2-4H2,1H3,(H,18,19). The van der Waals surface area contributed by atoms with Crippen LogP contribution in [0.4, 0.5) is 23.2 Å². The fraction of sp³-hybridized carbons (Fsp3) is 0.462. The number of thioether (sulfide) groups is 2. The van der Waals surface area contributed by atoms with Crippen LogP contribution in [0.5, 0.6) is 0 Å². The second kappa shape index (κ2) is 7.40. The van der Waals surface area contributed by atoms with E-state index >= 15 is 0 Å². The number of nitrogens with zero attached hydrogens (tertiary/aromatic N) is 1. The van der Waals surface area contributed by atoms with E-state index in [9.17, 15) is 17.6 Å². The number of halogens is 4. The Morgan fingerprint density at radius 2 is 2.10 bits per heavy atom. The minimum Gasteiger partial charge on any atom is -0.333 e. The second-order valence-electron chi connectivity index (χ2n) is 4.41. The van der Waals surface area contributed by atoms with Gasteiger partial charge in [0, 0.05) is 17.2 Å². The Bertz CT molecular complexity index is 537. The maximum absolute atomic E-state index is 13.9. The third-order valence-electron chi connectivity index (χ3n) is 2.74. The molecule has 0 bridgehead atoms. The molecule has 1 atom stereocenters. The van der Waals surface area contributed by atoms with Crippen molar-refractivity contribution in [2.24, 2.45) is 4.99 Å². The summed E-state index contributed by atoms with van der Waals surface area (Å²) >= 11 is 1.86. The number of rotatable bonds is 4.